The maximum atomic E-state index is 12.2. The topological polar surface area (TPSA) is 17.1 Å². The third kappa shape index (κ3) is 3.73. The Bertz CT molecular complexity index is 641. The molecule has 0 aromatic heterocycles. The van der Waals surface area contributed by atoms with Gasteiger partial charge >= 0.3 is 0 Å². The molecule has 0 aliphatic heterocycles. The maximum Gasteiger partial charge on any atom is 0.168 e. The van der Waals surface area contributed by atoms with Crippen LogP contribution >= 0.6 is 50.7 Å². The monoisotopic (exact) mass is 376 g/mol. The summed E-state index contributed by atoms with van der Waals surface area (Å²) < 4.78 is 0.715. The Morgan fingerprint density at radius 3 is 2.32 bits per heavy atom. The van der Waals surface area contributed by atoms with E-state index in [2.05, 4.69) is 15.9 Å². The van der Waals surface area contributed by atoms with Crippen molar-refractivity contribution in [2.75, 3.05) is 0 Å². The van der Waals surface area contributed by atoms with Crippen LogP contribution in [-0.4, -0.2) is 5.78 Å². The van der Waals surface area contributed by atoms with Crippen molar-refractivity contribution < 1.29 is 4.79 Å². The molecular weight excluding hydrogens is 370 g/mol. The number of benzene rings is 2. The number of hydrogen-bond acceptors (Lipinski definition) is 1. The molecule has 0 aliphatic carbocycles. The van der Waals surface area contributed by atoms with Crippen LogP contribution in [0.15, 0.2) is 40.9 Å². The molecule has 2 aromatic rings. The average Bonchev–Trinajstić information content (AvgIpc) is 2.35. The second-order valence-corrected chi connectivity index (χ2v) is 6.09. The lowest BCUT2D eigenvalue weighted by molar-refractivity contribution is 0.0992. The van der Waals surface area contributed by atoms with Crippen molar-refractivity contribution in [1.29, 1.82) is 0 Å². The molecule has 0 fully saturated rings. The van der Waals surface area contributed by atoms with Gasteiger partial charge in [0.1, 0.15) is 0 Å². The van der Waals surface area contributed by atoms with Crippen molar-refractivity contribution in [1.82, 2.24) is 0 Å². The predicted octanol–water partition coefficient (Wildman–Crippen LogP) is 5.83. The number of carbonyl (C=O) groups is 1. The van der Waals surface area contributed by atoms with Crippen LogP contribution in [0.25, 0.3) is 0 Å². The molecule has 0 saturated carbocycles. The summed E-state index contributed by atoms with van der Waals surface area (Å²) in [6, 6.07) is 10.2. The molecule has 0 unspecified atom stereocenters. The molecule has 98 valence electrons. The van der Waals surface area contributed by atoms with Crippen molar-refractivity contribution in [3.63, 3.8) is 0 Å². The first kappa shape index (κ1) is 14.9. The highest BCUT2D eigenvalue weighted by atomic mass is 79.9. The standard InChI is InChI=1S/C14H8BrCl3O/c15-12-4-3-9(16)6-11(12)14(19)5-8-1-2-10(17)7-13(8)18/h1-4,6-7H,5H2. The zero-order chi connectivity index (χ0) is 14.0. The van der Waals surface area contributed by atoms with Gasteiger partial charge in [-0.2, -0.15) is 0 Å². The van der Waals surface area contributed by atoms with E-state index < -0.39 is 0 Å². The lowest BCUT2D eigenvalue weighted by atomic mass is 10.0. The number of rotatable bonds is 3. The maximum absolute atomic E-state index is 12.2. The highest BCUT2D eigenvalue weighted by Gasteiger charge is 2.13. The Balaban J connectivity index is 2.28. The first-order valence-corrected chi connectivity index (χ1v) is 7.32. The lowest BCUT2D eigenvalue weighted by Gasteiger charge is -2.06. The van der Waals surface area contributed by atoms with E-state index in [-0.39, 0.29) is 12.2 Å². The van der Waals surface area contributed by atoms with E-state index in [1.54, 1.807) is 36.4 Å². The van der Waals surface area contributed by atoms with Crippen LogP contribution in [0.4, 0.5) is 0 Å². The van der Waals surface area contributed by atoms with Crippen LogP contribution < -0.4 is 0 Å². The molecule has 0 aliphatic rings. The van der Waals surface area contributed by atoms with E-state index in [9.17, 15) is 4.79 Å². The molecule has 0 N–H and O–H groups in total. The molecule has 0 heterocycles. The SMILES string of the molecule is O=C(Cc1ccc(Cl)cc1Cl)c1cc(Cl)ccc1Br. The first-order valence-electron chi connectivity index (χ1n) is 5.39. The van der Waals surface area contributed by atoms with Gasteiger partial charge in [-0.05, 0) is 35.9 Å². The van der Waals surface area contributed by atoms with Crippen LogP contribution in [0.5, 0.6) is 0 Å². The summed E-state index contributed by atoms with van der Waals surface area (Å²) in [6.45, 7) is 0. The molecule has 0 amide bonds. The summed E-state index contributed by atoms with van der Waals surface area (Å²) >= 11 is 21.1. The molecule has 0 radical (unpaired) electrons. The molecule has 0 saturated heterocycles. The summed E-state index contributed by atoms with van der Waals surface area (Å²) in [5, 5.41) is 1.55. The summed E-state index contributed by atoms with van der Waals surface area (Å²) in [5.74, 6) is -0.0569. The van der Waals surface area contributed by atoms with Gasteiger partial charge in [-0.3, -0.25) is 4.79 Å². The fraction of sp³-hybridized carbons (Fsp3) is 0.0714. The molecule has 2 aromatic carbocycles. The smallest absolute Gasteiger partial charge is 0.168 e. The van der Waals surface area contributed by atoms with Crippen LogP contribution in [0.2, 0.25) is 15.1 Å². The van der Waals surface area contributed by atoms with Gasteiger partial charge in [-0.1, -0.05) is 56.8 Å². The van der Waals surface area contributed by atoms with Crippen LogP contribution in [-0.2, 0) is 6.42 Å². The van der Waals surface area contributed by atoms with Gasteiger partial charge in [-0.15, -0.1) is 0 Å². The highest BCUT2D eigenvalue weighted by Crippen LogP contribution is 2.26. The highest BCUT2D eigenvalue weighted by molar-refractivity contribution is 9.10. The van der Waals surface area contributed by atoms with E-state index in [1.165, 1.54) is 0 Å². The van der Waals surface area contributed by atoms with Gasteiger partial charge in [0.2, 0.25) is 0 Å². The Morgan fingerprint density at radius 2 is 1.63 bits per heavy atom. The number of Topliss-reactive ketones (excluding diaryl/α,β-unsaturated/α-hetero) is 1. The van der Waals surface area contributed by atoms with Crippen LogP contribution in [0.1, 0.15) is 15.9 Å². The van der Waals surface area contributed by atoms with Gasteiger partial charge < -0.3 is 0 Å². The second kappa shape index (κ2) is 6.27. The third-order valence-electron chi connectivity index (χ3n) is 2.59. The van der Waals surface area contributed by atoms with Gasteiger partial charge in [0.15, 0.2) is 5.78 Å². The summed E-state index contributed by atoms with van der Waals surface area (Å²) in [7, 11) is 0. The Morgan fingerprint density at radius 1 is 1.00 bits per heavy atom. The van der Waals surface area contributed by atoms with Crippen LogP contribution in [0, 0.1) is 0 Å². The average molecular weight is 378 g/mol. The molecule has 5 heteroatoms. The molecule has 19 heavy (non-hydrogen) atoms. The number of halogens is 4. The van der Waals surface area contributed by atoms with Crippen molar-refractivity contribution in [2.24, 2.45) is 0 Å². The Labute approximate surface area is 134 Å². The minimum absolute atomic E-state index is 0.0569. The summed E-state index contributed by atoms with van der Waals surface area (Å²) in [6.07, 6.45) is 0.203. The molecule has 2 rings (SSSR count). The molecule has 0 spiro atoms. The van der Waals surface area contributed by atoms with Crippen molar-refractivity contribution in [3.8, 4) is 0 Å². The second-order valence-electron chi connectivity index (χ2n) is 3.96. The van der Waals surface area contributed by atoms with Gasteiger partial charge in [0.25, 0.3) is 0 Å². The summed E-state index contributed by atoms with van der Waals surface area (Å²) in [5.41, 5.74) is 1.28. The van der Waals surface area contributed by atoms with E-state index in [1.807, 2.05) is 0 Å². The zero-order valence-electron chi connectivity index (χ0n) is 9.59. The van der Waals surface area contributed by atoms with E-state index in [0.717, 1.165) is 5.56 Å². The van der Waals surface area contributed by atoms with Gasteiger partial charge in [0.05, 0.1) is 0 Å². The van der Waals surface area contributed by atoms with Crippen molar-refractivity contribution in [3.05, 3.63) is 67.1 Å². The van der Waals surface area contributed by atoms with Crippen LogP contribution in [0.3, 0.4) is 0 Å². The largest absolute Gasteiger partial charge is 0.294 e. The zero-order valence-corrected chi connectivity index (χ0v) is 13.4. The first-order chi connectivity index (χ1) is 8.97. The number of ketones is 1. The van der Waals surface area contributed by atoms with E-state index in [4.69, 9.17) is 34.8 Å². The minimum Gasteiger partial charge on any atom is -0.294 e. The number of hydrogen-bond donors (Lipinski definition) is 0. The fourth-order valence-electron chi connectivity index (χ4n) is 1.64. The molecule has 0 atom stereocenters. The number of carbonyl (C=O) groups excluding carboxylic acids is 1. The minimum atomic E-state index is -0.0569. The third-order valence-corrected chi connectivity index (χ3v) is 4.11. The normalized spacial score (nSPS) is 10.5. The predicted molar refractivity (Wildman–Crippen MR) is 83.6 cm³/mol. The Hall–Kier alpha value is -0.540. The van der Waals surface area contributed by atoms with E-state index >= 15 is 0 Å². The quantitative estimate of drug-likeness (QED) is 0.614. The van der Waals surface area contributed by atoms with Gasteiger partial charge in [0, 0.05) is 31.5 Å². The fourth-order valence-corrected chi connectivity index (χ4v) is 2.76. The molecular formula is C14H8BrCl3O. The summed E-state index contributed by atoms with van der Waals surface area (Å²) in [4.78, 5) is 12.2. The Kier molecular flexibility index (Phi) is 4.91. The lowest BCUT2D eigenvalue weighted by Crippen LogP contribution is -2.05. The van der Waals surface area contributed by atoms with Crippen molar-refractivity contribution in [2.45, 2.75) is 6.42 Å². The van der Waals surface area contributed by atoms with Crippen molar-refractivity contribution >= 4 is 56.5 Å². The molecule has 1 nitrogen and oxygen atoms in total. The van der Waals surface area contributed by atoms with Gasteiger partial charge in [-0.25, -0.2) is 0 Å². The van der Waals surface area contributed by atoms with E-state index in [0.29, 0.717) is 25.1 Å². The molecule has 0 bridgehead atoms.